The Kier molecular flexibility index (Phi) is 2.50. The molecule has 0 unspecified atom stereocenters. The van der Waals surface area contributed by atoms with Crippen molar-refractivity contribution in [3.05, 3.63) is 47.3 Å². The summed E-state index contributed by atoms with van der Waals surface area (Å²) in [4.78, 5) is 20.9. The zero-order valence-corrected chi connectivity index (χ0v) is 11.2. The second-order valence-electron chi connectivity index (χ2n) is 4.46. The highest BCUT2D eigenvalue weighted by Gasteiger charge is 2.16. The molecule has 1 aliphatic rings. The summed E-state index contributed by atoms with van der Waals surface area (Å²) in [7, 11) is 0. The van der Waals surface area contributed by atoms with Gasteiger partial charge in [-0.25, -0.2) is 4.98 Å². The second kappa shape index (κ2) is 4.35. The number of hydrogen-bond donors (Lipinski definition) is 1. The first-order chi connectivity index (χ1) is 9.81. The smallest absolute Gasteiger partial charge is 0.258 e. The van der Waals surface area contributed by atoms with Crippen molar-refractivity contribution in [1.82, 2.24) is 19.7 Å². The van der Waals surface area contributed by atoms with Gasteiger partial charge in [-0.2, -0.15) is 0 Å². The predicted molar refractivity (Wildman–Crippen MR) is 79.1 cm³/mol. The van der Waals surface area contributed by atoms with Crippen molar-refractivity contribution in [1.29, 1.82) is 0 Å². The molecule has 0 spiro atoms. The van der Waals surface area contributed by atoms with Gasteiger partial charge < -0.3 is 5.32 Å². The van der Waals surface area contributed by atoms with E-state index in [9.17, 15) is 4.79 Å². The molecule has 4 rings (SSSR count). The van der Waals surface area contributed by atoms with Crippen LogP contribution < -0.4 is 5.32 Å². The Morgan fingerprint density at radius 3 is 3.15 bits per heavy atom. The van der Waals surface area contributed by atoms with Gasteiger partial charge in [0, 0.05) is 12.4 Å². The van der Waals surface area contributed by atoms with Crippen LogP contribution in [0.25, 0.3) is 22.8 Å². The van der Waals surface area contributed by atoms with Crippen molar-refractivity contribution in [2.45, 2.75) is 0 Å². The molecule has 0 radical (unpaired) electrons. The summed E-state index contributed by atoms with van der Waals surface area (Å²) in [5, 5.41) is 2.78. The average molecular weight is 282 g/mol. The molecule has 20 heavy (non-hydrogen) atoms. The number of rotatable bonds is 1. The van der Waals surface area contributed by atoms with Crippen molar-refractivity contribution >= 4 is 40.4 Å². The maximum Gasteiger partial charge on any atom is 0.258 e. The molecule has 0 bridgehead atoms. The van der Waals surface area contributed by atoms with Crippen LogP contribution in [0.4, 0.5) is 0 Å². The quantitative estimate of drug-likeness (QED) is 0.694. The van der Waals surface area contributed by atoms with E-state index in [0.717, 1.165) is 27.1 Å². The Hall–Kier alpha value is -2.34. The number of imidazole rings is 1. The highest BCUT2D eigenvalue weighted by molar-refractivity contribution is 8.04. The fraction of sp³-hybridized carbons (Fsp3) is 0.0714. The maximum absolute atomic E-state index is 11.6. The zero-order chi connectivity index (χ0) is 13.5. The van der Waals surface area contributed by atoms with Gasteiger partial charge in [0.1, 0.15) is 0 Å². The van der Waals surface area contributed by atoms with E-state index in [0.29, 0.717) is 5.88 Å². The summed E-state index contributed by atoms with van der Waals surface area (Å²) < 4.78 is 1.99. The number of fused-ring (bicyclic) bond motifs is 3. The number of nitrogens with zero attached hydrogens (tertiary/aromatic N) is 3. The third kappa shape index (κ3) is 1.77. The fourth-order valence-electron chi connectivity index (χ4n) is 2.26. The van der Waals surface area contributed by atoms with E-state index in [4.69, 9.17) is 0 Å². The first kappa shape index (κ1) is 11.5. The zero-order valence-electron chi connectivity index (χ0n) is 10.4. The molecule has 3 aromatic rings. The second-order valence-corrected chi connectivity index (χ2v) is 5.48. The molecule has 1 N–H and O–H groups in total. The Bertz CT molecular complexity index is 868. The normalized spacial score (nSPS) is 17.2. The molecule has 1 saturated heterocycles. The Labute approximate surface area is 118 Å². The van der Waals surface area contributed by atoms with Gasteiger partial charge in [0.15, 0.2) is 5.65 Å². The summed E-state index contributed by atoms with van der Waals surface area (Å²) in [6.45, 7) is 0. The fourth-order valence-corrected chi connectivity index (χ4v) is 3.05. The van der Waals surface area contributed by atoms with Gasteiger partial charge in [-0.05, 0) is 23.8 Å². The summed E-state index contributed by atoms with van der Waals surface area (Å²) in [5.41, 5.74) is 3.69. The molecule has 98 valence electrons. The third-order valence-electron chi connectivity index (χ3n) is 3.23. The number of carbonyl (C=O) groups excluding carboxylic acids is 1. The van der Waals surface area contributed by atoms with E-state index in [-0.39, 0.29) is 5.91 Å². The monoisotopic (exact) mass is 282 g/mol. The van der Waals surface area contributed by atoms with Crippen LogP contribution in [-0.2, 0) is 4.79 Å². The number of aromatic nitrogens is 3. The van der Waals surface area contributed by atoms with Crippen LogP contribution in [0.2, 0.25) is 0 Å². The maximum atomic E-state index is 11.6. The molecule has 1 fully saturated rings. The number of carbonyl (C=O) groups is 1. The van der Waals surface area contributed by atoms with E-state index < -0.39 is 0 Å². The lowest BCUT2D eigenvalue weighted by atomic mass is 10.1. The van der Waals surface area contributed by atoms with Crippen LogP contribution in [0, 0.1) is 0 Å². The number of nitrogens with one attached hydrogen (secondary N) is 1. The molecule has 1 aromatic carbocycles. The number of thioether (sulfide) groups is 1. The van der Waals surface area contributed by atoms with Gasteiger partial charge >= 0.3 is 0 Å². The number of benzene rings is 1. The molecule has 6 heteroatoms. The van der Waals surface area contributed by atoms with Crippen LogP contribution in [0.15, 0.2) is 41.7 Å². The van der Waals surface area contributed by atoms with E-state index in [1.165, 1.54) is 11.8 Å². The molecule has 1 amide bonds. The summed E-state index contributed by atoms with van der Waals surface area (Å²) in [6, 6.07) is 5.95. The predicted octanol–water partition coefficient (Wildman–Crippen LogP) is 2.04. The van der Waals surface area contributed by atoms with E-state index >= 15 is 0 Å². The third-order valence-corrected chi connectivity index (χ3v) is 4.13. The van der Waals surface area contributed by atoms with Gasteiger partial charge in [-0.1, -0.05) is 17.8 Å². The van der Waals surface area contributed by atoms with Crippen molar-refractivity contribution in [2.24, 2.45) is 0 Å². The van der Waals surface area contributed by atoms with Gasteiger partial charge in [0.2, 0.25) is 0 Å². The molecule has 3 heterocycles. The van der Waals surface area contributed by atoms with Crippen LogP contribution in [0.1, 0.15) is 5.56 Å². The highest BCUT2D eigenvalue weighted by Crippen LogP contribution is 2.24. The summed E-state index contributed by atoms with van der Waals surface area (Å²) in [5.74, 6) is 0.639. The van der Waals surface area contributed by atoms with Crippen molar-refractivity contribution in [3.63, 3.8) is 0 Å². The van der Waals surface area contributed by atoms with E-state index in [1.807, 2.05) is 34.9 Å². The van der Waals surface area contributed by atoms with Gasteiger partial charge in [-0.3, -0.25) is 14.2 Å². The molecule has 1 aliphatic heterocycles. The van der Waals surface area contributed by atoms with Gasteiger partial charge in [-0.15, -0.1) is 0 Å². The molecule has 2 aromatic heterocycles. The van der Waals surface area contributed by atoms with Crippen molar-refractivity contribution in [3.8, 4) is 0 Å². The van der Waals surface area contributed by atoms with Crippen LogP contribution >= 0.6 is 11.8 Å². The van der Waals surface area contributed by atoms with Crippen molar-refractivity contribution in [2.75, 3.05) is 5.88 Å². The van der Waals surface area contributed by atoms with Gasteiger partial charge in [0.05, 0.1) is 28.0 Å². The van der Waals surface area contributed by atoms with E-state index in [1.54, 1.807) is 12.4 Å². The minimum atomic E-state index is -0.00550. The van der Waals surface area contributed by atoms with E-state index in [2.05, 4.69) is 15.3 Å². The molecular formula is C14H10N4OS. The van der Waals surface area contributed by atoms with Crippen LogP contribution in [0.3, 0.4) is 0 Å². The molecule has 0 aliphatic carbocycles. The van der Waals surface area contributed by atoms with Crippen LogP contribution in [0.5, 0.6) is 0 Å². The minimum Gasteiger partial charge on any atom is -0.342 e. The summed E-state index contributed by atoms with van der Waals surface area (Å²) in [6.07, 6.45) is 7.32. The Balaban J connectivity index is 1.91. The first-order valence-electron chi connectivity index (χ1n) is 6.16. The van der Waals surface area contributed by atoms with Crippen LogP contribution in [-0.4, -0.2) is 26.2 Å². The molecule has 5 nitrogen and oxygen atoms in total. The Morgan fingerprint density at radius 1 is 1.35 bits per heavy atom. The molecule has 0 atom stereocenters. The minimum absolute atomic E-state index is 0.00550. The lowest BCUT2D eigenvalue weighted by Gasteiger charge is -2.03. The lowest BCUT2D eigenvalue weighted by molar-refractivity contribution is -0.116. The Morgan fingerprint density at radius 2 is 2.30 bits per heavy atom. The van der Waals surface area contributed by atoms with Crippen molar-refractivity contribution < 1.29 is 4.79 Å². The topological polar surface area (TPSA) is 59.3 Å². The lowest BCUT2D eigenvalue weighted by Crippen LogP contribution is -2.13. The standard InChI is InChI=1S/C14H10N4OS/c19-14-12(20-8-17-14)6-9-1-2-10-11(5-9)18-4-3-15-13(18)7-16-10/h1-7H,8H2,(H,17,19)/b12-6-. The molecular weight excluding hydrogens is 272 g/mol. The largest absolute Gasteiger partial charge is 0.342 e. The highest BCUT2D eigenvalue weighted by atomic mass is 32.2. The number of amides is 1. The summed E-state index contributed by atoms with van der Waals surface area (Å²) >= 11 is 1.52. The molecule has 0 saturated carbocycles. The SMILES string of the molecule is O=C1NCS/C1=C\c1ccc2ncc3nccn3c2c1. The first-order valence-corrected chi connectivity index (χ1v) is 7.14. The average Bonchev–Trinajstić information content (AvgIpc) is 3.08. The van der Waals surface area contributed by atoms with Gasteiger partial charge in [0.25, 0.3) is 5.91 Å². The number of hydrogen-bond acceptors (Lipinski definition) is 4.